The number of pyridine rings is 1. The summed E-state index contributed by atoms with van der Waals surface area (Å²) < 4.78 is 27.8. The molecule has 2 aromatic heterocycles. The van der Waals surface area contributed by atoms with Crippen molar-refractivity contribution in [3.8, 4) is 0 Å². The maximum atomic E-state index is 12.3. The lowest BCUT2D eigenvalue weighted by atomic mass is 10.4. The quantitative estimate of drug-likeness (QED) is 0.853. The second kappa shape index (κ2) is 6.53. The Balaban J connectivity index is 2.18. The van der Waals surface area contributed by atoms with Crippen LogP contribution in [0.15, 0.2) is 35.5 Å². The van der Waals surface area contributed by atoms with Crippen LogP contribution in [0.1, 0.15) is 11.8 Å². The van der Waals surface area contributed by atoms with Crippen molar-refractivity contribution in [3.05, 3.63) is 39.8 Å². The molecule has 0 aliphatic heterocycles. The molecule has 0 aliphatic rings. The maximum Gasteiger partial charge on any atom is 0.244 e. The number of hydrogen-bond acceptors (Lipinski definition) is 5. The summed E-state index contributed by atoms with van der Waals surface area (Å²) in [7, 11) is -3.61. The van der Waals surface area contributed by atoms with Crippen LogP contribution in [0.3, 0.4) is 0 Å². The average Bonchev–Trinajstić information content (AvgIpc) is 2.83. The van der Waals surface area contributed by atoms with E-state index in [1.807, 2.05) is 6.92 Å². The molecule has 0 aliphatic carbocycles. The van der Waals surface area contributed by atoms with Gasteiger partial charge < -0.3 is 5.32 Å². The van der Waals surface area contributed by atoms with E-state index in [2.05, 4.69) is 15.0 Å². The van der Waals surface area contributed by atoms with E-state index < -0.39 is 10.0 Å². The molecular formula is C12H14ClN3O2S2. The van der Waals surface area contributed by atoms with Crippen LogP contribution in [0.5, 0.6) is 0 Å². The third-order valence-electron chi connectivity index (χ3n) is 2.51. The first-order chi connectivity index (χ1) is 9.53. The monoisotopic (exact) mass is 331 g/mol. The van der Waals surface area contributed by atoms with Gasteiger partial charge in [0.2, 0.25) is 10.0 Å². The first kappa shape index (κ1) is 15.2. The summed E-state index contributed by atoms with van der Waals surface area (Å²) in [5.74, 6) is 0. The molecule has 2 heterocycles. The van der Waals surface area contributed by atoms with Crippen molar-refractivity contribution in [1.29, 1.82) is 0 Å². The van der Waals surface area contributed by atoms with Crippen LogP contribution < -0.4 is 10.0 Å². The Labute approximate surface area is 127 Å². The van der Waals surface area contributed by atoms with Crippen molar-refractivity contribution in [1.82, 2.24) is 9.71 Å². The minimum atomic E-state index is -3.61. The molecule has 2 rings (SSSR count). The molecule has 0 saturated heterocycles. The van der Waals surface area contributed by atoms with Crippen LogP contribution in [0.2, 0.25) is 4.34 Å². The van der Waals surface area contributed by atoms with Crippen LogP contribution >= 0.6 is 22.9 Å². The molecule has 8 heteroatoms. The number of rotatable bonds is 6. The SMILES string of the molecule is CCNc1ccncc1S(=O)(=O)NCc1ccc(Cl)s1. The van der Waals surface area contributed by atoms with Crippen LogP contribution in [0.25, 0.3) is 0 Å². The fourth-order valence-electron chi connectivity index (χ4n) is 1.62. The topological polar surface area (TPSA) is 71.1 Å². The van der Waals surface area contributed by atoms with Crippen LogP contribution in [-0.2, 0) is 16.6 Å². The molecule has 0 fully saturated rings. The van der Waals surface area contributed by atoms with E-state index in [9.17, 15) is 8.42 Å². The van der Waals surface area contributed by atoms with Crippen molar-refractivity contribution in [3.63, 3.8) is 0 Å². The number of nitrogens with one attached hydrogen (secondary N) is 2. The van der Waals surface area contributed by atoms with Gasteiger partial charge >= 0.3 is 0 Å². The van der Waals surface area contributed by atoms with Gasteiger partial charge in [-0.15, -0.1) is 11.3 Å². The summed E-state index contributed by atoms with van der Waals surface area (Å²) in [4.78, 5) is 4.87. The highest BCUT2D eigenvalue weighted by Crippen LogP contribution is 2.23. The van der Waals surface area contributed by atoms with Gasteiger partial charge in [-0.2, -0.15) is 0 Å². The van der Waals surface area contributed by atoms with Gasteiger partial charge in [0.15, 0.2) is 0 Å². The Morgan fingerprint density at radius 2 is 2.15 bits per heavy atom. The van der Waals surface area contributed by atoms with Gasteiger partial charge in [0.1, 0.15) is 4.90 Å². The molecule has 0 aromatic carbocycles. The van der Waals surface area contributed by atoms with Gasteiger partial charge in [-0.3, -0.25) is 4.98 Å². The van der Waals surface area contributed by atoms with Crippen LogP contribution in [0.4, 0.5) is 5.69 Å². The predicted octanol–water partition coefficient (Wildman–Crippen LogP) is 2.71. The van der Waals surface area contributed by atoms with E-state index in [4.69, 9.17) is 11.6 Å². The minimum absolute atomic E-state index is 0.143. The Kier molecular flexibility index (Phi) is 4.98. The Morgan fingerprint density at radius 1 is 1.35 bits per heavy atom. The zero-order valence-corrected chi connectivity index (χ0v) is 13.1. The molecule has 0 amide bonds. The van der Waals surface area contributed by atoms with E-state index in [0.29, 0.717) is 16.6 Å². The molecule has 5 nitrogen and oxygen atoms in total. The normalized spacial score (nSPS) is 11.5. The number of halogens is 1. The molecule has 0 spiro atoms. The van der Waals surface area contributed by atoms with Crippen molar-refractivity contribution in [2.45, 2.75) is 18.4 Å². The van der Waals surface area contributed by atoms with Gasteiger partial charge in [-0.25, -0.2) is 13.1 Å². The summed E-state index contributed by atoms with van der Waals surface area (Å²) >= 11 is 7.16. The summed E-state index contributed by atoms with van der Waals surface area (Å²) in [6.07, 6.45) is 2.89. The lowest BCUT2D eigenvalue weighted by Crippen LogP contribution is -2.24. The lowest BCUT2D eigenvalue weighted by molar-refractivity contribution is 0.581. The van der Waals surface area contributed by atoms with Crippen molar-refractivity contribution in [2.75, 3.05) is 11.9 Å². The zero-order valence-electron chi connectivity index (χ0n) is 10.8. The Hall–Kier alpha value is -1.15. The van der Waals surface area contributed by atoms with E-state index in [1.165, 1.54) is 17.5 Å². The predicted molar refractivity (Wildman–Crippen MR) is 81.8 cm³/mol. The third kappa shape index (κ3) is 3.69. The van der Waals surface area contributed by atoms with Gasteiger partial charge in [-0.05, 0) is 25.1 Å². The highest BCUT2D eigenvalue weighted by molar-refractivity contribution is 7.89. The molecule has 108 valence electrons. The number of thiophene rings is 1. The zero-order chi connectivity index (χ0) is 14.6. The number of hydrogen-bond donors (Lipinski definition) is 2. The molecule has 2 aromatic rings. The number of anilines is 1. The van der Waals surface area contributed by atoms with Crippen molar-refractivity contribution >= 4 is 38.6 Å². The average molecular weight is 332 g/mol. The first-order valence-electron chi connectivity index (χ1n) is 5.94. The third-order valence-corrected chi connectivity index (χ3v) is 5.17. The molecular weight excluding hydrogens is 318 g/mol. The fourth-order valence-corrected chi connectivity index (χ4v) is 3.87. The van der Waals surface area contributed by atoms with Gasteiger partial charge in [-0.1, -0.05) is 11.6 Å². The number of sulfonamides is 1. The highest BCUT2D eigenvalue weighted by atomic mass is 35.5. The van der Waals surface area contributed by atoms with E-state index in [1.54, 1.807) is 24.4 Å². The highest BCUT2D eigenvalue weighted by Gasteiger charge is 2.18. The van der Waals surface area contributed by atoms with E-state index in [0.717, 1.165) is 4.88 Å². The fraction of sp³-hybridized carbons (Fsp3) is 0.250. The number of nitrogens with zero attached hydrogens (tertiary/aromatic N) is 1. The first-order valence-corrected chi connectivity index (χ1v) is 8.62. The maximum absolute atomic E-state index is 12.3. The molecule has 0 unspecified atom stereocenters. The Bertz CT molecular complexity index is 686. The van der Waals surface area contributed by atoms with Gasteiger partial charge in [0.05, 0.1) is 10.0 Å². The molecule has 0 atom stereocenters. The van der Waals surface area contributed by atoms with Gasteiger partial charge in [0.25, 0.3) is 0 Å². The van der Waals surface area contributed by atoms with Crippen LogP contribution in [-0.4, -0.2) is 19.9 Å². The number of aromatic nitrogens is 1. The smallest absolute Gasteiger partial charge is 0.244 e. The minimum Gasteiger partial charge on any atom is -0.384 e. The van der Waals surface area contributed by atoms with Crippen molar-refractivity contribution < 1.29 is 8.42 Å². The van der Waals surface area contributed by atoms with Gasteiger partial charge in [0, 0.05) is 30.4 Å². The Morgan fingerprint density at radius 3 is 2.80 bits per heavy atom. The lowest BCUT2D eigenvalue weighted by Gasteiger charge is -2.11. The molecule has 20 heavy (non-hydrogen) atoms. The van der Waals surface area contributed by atoms with E-state index >= 15 is 0 Å². The molecule has 0 saturated carbocycles. The summed E-state index contributed by atoms with van der Waals surface area (Å²) in [6, 6.07) is 5.17. The summed E-state index contributed by atoms with van der Waals surface area (Å²) in [6.45, 7) is 2.74. The summed E-state index contributed by atoms with van der Waals surface area (Å²) in [5.41, 5.74) is 0.541. The largest absolute Gasteiger partial charge is 0.384 e. The molecule has 0 bridgehead atoms. The van der Waals surface area contributed by atoms with Crippen molar-refractivity contribution in [2.24, 2.45) is 0 Å². The van der Waals surface area contributed by atoms with Crippen LogP contribution in [0, 0.1) is 0 Å². The standard InChI is InChI=1S/C12H14ClN3O2S2/c1-2-15-10-5-6-14-8-11(10)20(17,18)16-7-9-3-4-12(13)19-9/h3-6,8,16H,2,7H2,1H3,(H,14,15). The van der Waals surface area contributed by atoms with E-state index in [-0.39, 0.29) is 11.4 Å². The molecule has 2 N–H and O–H groups in total. The second-order valence-corrected chi connectivity index (χ2v) is 7.47. The molecule has 0 radical (unpaired) electrons. The summed E-state index contributed by atoms with van der Waals surface area (Å²) in [5, 5.41) is 3.01. The second-order valence-electron chi connectivity index (χ2n) is 3.93.